The first kappa shape index (κ1) is 17.6. The highest BCUT2D eigenvalue weighted by molar-refractivity contribution is 9.10. The maximum Gasteiger partial charge on any atom is 0.339 e. The molecule has 0 heterocycles. The van der Waals surface area contributed by atoms with Crippen LogP contribution in [-0.2, 0) is 16.0 Å². The normalized spacial score (nSPS) is 16.0. The molecule has 6 heteroatoms. The molecular formula is C19H17BrFNO3. The van der Waals surface area contributed by atoms with E-state index in [0.717, 1.165) is 30.9 Å². The van der Waals surface area contributed by atoms with E-state index in [1.54, 1.807) is 0 Å². The van der Waals surface area contributed by atoms with Crippen molar-refractivity contribution in [3.05, 3.63) is 69.4 Å². The molecule has 0 fully saturated rings. The molecule has 130 valence electrons. The molecule has 25 heavy (non-hydrogen) atoms. The summed E-state index contributed by atoms with van der Waals surface area (Å²) in [6, 6.07) is 11.7. The second kappa shape index (κ2) is 7.78. The van der Waals surface area contributed by atoms with E-state index in [1.165, 1.54) is 17.7 Å². The van der Waals surface area contributed by atoms with Gasteiger partial charge in [-0.1, -0.05) is 24.3 Å². The number of aryl methyl sites for hydroxylation is 1. The number of fused-ring (bicyclic) bond motifs is 1. The molecule has 0 radical (unpaired) electrons. The summed E-state index contributed by atoms with van der Waals surface area (Å²) in [6.45, 7) is -0.402. The van der Waals surface area contributed by atoms with Gasteiger partial charge in [-0.3, -0.25) is 4.79 Å². The molecule has 1 aliphatic carbocycles. The quantitative estimate of drug-likeness (QED) is 0.783. The van der Waals surface area contributed by atoms with Gasteiger partial charge < -0.3 is 10.1 Å². The standard InChI is InChI=1S/C19H17BrFNO3/c20-16-9-8-13(21)10-15(16)19(24)25-11-18(23)22-17-7-3-5-12-4-1-2-6-14(12)17/h1-2,4,6,8-10,17H,3,5,7,11H2,(H,22,23)/t17-/m0/s1. The van der Waals surface area contributed by atoms with E-state index in [-0.39, 0.29) is 17.5 Å². The Morgan fingerprint density at radius 2 is 2.04 bits per heavy atom. The monoisotopic (exact) mass is 405 g/mol. The lowest BCUT2D eigenvalue weighted by Gasteiger charge is -2.26. The Morgan fingerprint density at radius 1 is 1.24 bits per heavy atom. The minimum absolute atomic E-state index is 0.0517. The summed E-state index contributed by atoms with van der Waals surface area (Å²) in [5, 5.41) is 2.91. The molecule has 1 N–H and O–H groups in total. The van der Waals surface area contributed by atoms with Crippen LogP contribution in [0.15, 0.2) is 46.9 Å². The lowest BCUT2D eigenvalue weighted by molar-refractivity contribution is -0.125. The Labute approximate surface area is 153 Å². The molecule has 1 aliphatic rings. The number of amides is 1. The molecule has 2 aromatic rings. The molecule has 0 saturated carbocycles. The van der Waals surface area contributed by atoms with Crippen molar-refractivity contribution >= 4 is 27.8 Å². The van der Waals surface area contributed by atoms with Gasteiger partial charge in [-0.05, 0) is 64.5 Å². The number of hydrogen-bond acceptors (Lipinski definition) is 3. The van der Waals surface area contributed by atoms with E-state index in [0.29, 0.717) is 4.47 Å². The largest absolute Gasteiger partial charge is 0.452 e. The van der Waals surface area contributed by atoms with E-state index < -0.39 is 18.4 Å². The van der Waals surface area contributed by atoms with Crippen molar-refractivity contribution in [3.8, 4) is 0 Å². The Bertz CT molecular complexity index is 809. The third-order valence-corrected chi connectivity index (χ3v) is 4.88. The SMILES string of the molecule is O=C(COC(=O)c1cc(F)ccc1Br)N[C@H]1CCCc2ccccc21. The fourth-order valence-electron chi connectivity index (χ4n) is 3.00. The molecule has 0 aromatic heterocycles. The van der Waals surface area contributed by atoms with Crippen molar-refractivity contribution in [3.63, 3.8) is 0 Å². The number of carbonyl (C=O) groups excluding carboxylic acids is 2. The van der Waals surface area contributed by atoms with Gasteiger partial charge in [0.1, 0.15) is 5.82 Å². The van der Waals surface area contributed by atoms with Crippen molar-refractivity contribution in [2.45, 2.75) is 25.3 Å². The summed E-state index contributed by atoms with van der Waals surface area (Å²) in [4.78, 5) is 24.1. The number of halogens is 2. The van der Waals surface area contributed by atoms with Crippen molar-refractivity contribution < 1.29 is 18.7 Å². The van der Waals surface area contributed by atoms with Gasteiger partial charge in [-0.2, -0.15) is 0 Å². The highest BCUT2D eigenvalue weighted by atomic mass is 79.9. The number of esters is 1. The minimum Gasteiger partial charge on any atom is -0.452 e. The first-order valence-corrected chi connectivity index (χ1v) is 8.83. The van der Waals surface area contributed by atoms with Gasteiger partial charge in [0.05, 0.1) is 11.6 Å². The van der Waals surface area contributed by atoms with Gasteiger partial charge in [0, 0.05) is 4.47 Å². The number of rotatable bonds is 4. The van der Waals surface area contributed by atoms with Gasteiger partial charge in [-0.25, -0.2) is 9.18 Å². The molecule has 2 aromatic carbocycles. The maximum atomic E-state index is 13.2. The van der Waals surface area contributed by atoms with Crippen molar-refractivity contribution in [1.29, 1.82) is 0 Å². The molecule has 0 spiro atoms. The zero-order valence-electron chi connectivity index (χ0n) is 13.4. The molecule has 0 saturated heterocycles. The third-order valence-electron chi connectivity index (χ3n) is 4.19. The summed E-state index contributed by atoms with van der Waals surface area (Å²) in [6.07, 6.45) is 2.86. The number of benzene rings is 2. The lowest BCUT2D eigenvalue weighted by Crippen LogP contribution is -2.34. The predicted octanol–water partition coefficient (Wildman–Crippen LogP) is 3.94. The smallest absolute Gasteiger partial charge is 0.339 e. The molecule has 1 amide bonds. The van der Waals surface area contributed by atoms with E-state index >= 15 is 0 Å². The summed E-state index contributed by atoms with van der Waals surface area (Å²) in [5.74, 6) is -1.66. The summed E-state index contributed by atoms with van der Waals surface area (Å²) < 4.78 is 18.7. The van der Waals surface area contributed by atoms with Crippen LogP contribution in [0.1, 0.15) is 40.4 Å². The second-order valence-corrected chi connectivity index (χ2v) is 6.77. The van der Waals surface area contributed by atoms with Crippen molar-refractivity contribution in [2.75, 3.05) is 6.61 Å². The van der Waals surface area contributed by atoms with Crippen LogP contribution in [0.3, 0.4) is 0 Å². The van der Waals surface area contributed by atoms with Crippen LogP contribution in [0.4, 0.5) is 4.39 Å². The third kappa shape index (κ3) is 4.25. The first-order valence-electron chi connectivity index (χ1n) is 8.04. The Kier molecular flexibility index (Phi) is 5.48. The molecule has 0 unspecified atom stereocenters. The van der Waals surface area contributed by atoms with Gasteiger partial charge in [0.25, 0.3) is 5.91 Å². The van der Waals surface area contributed by atoms with Crippen LogP contribution >= 0.6 is 15.9 Å². The van der Waals surface area contributed by atoms with E-state index in [2.05, 4.69) is 27.3 Å². The zero-order valence-corrected chi connectivity index (χ0v) is 15.0. The summed E-state index contributed by atoms with van der Waals surface area (Å²) >= 11 is 3.17. The Hall–Kier alpha value is -2.21. The second-order valence-electron chi connectivity index (χ2n) is 5.91. The topological polar surface area (TPSA) is 55.4 Å². The van der Waals surface area contributed by atoms with Crippen LogP contribution in [0, 0.1) is 5.82 Å². The van der Waals surface area contributed by atoms with Crippen LogP contribution in [0.25, 0.3) is 0 Å². The first-order chi connectivity index (χ1) is 12.0. The van der Waals surface area contributed by atoms with Crippen LogP contribution in [-0.4, -0.2) is 18.5 Å². The van der Waals surface area contributed by atoms with E-state index in [1.807, 2.05) is 18.2 Å². The van der Waals surface area contributed by atoms with E-state index in [4.69, 9.17) is 4.74 Å². The average molecular weight is 406 g/mol. The number of ether oxygens (including phenoxy) is 1. The maximum absolute atomic E-state index is 13.2. The summed E-state index contributed by atoms with van der Waals surface area (Å²) in [7, 11) is 0. The number of carbonyl (C=O) groups is 2. The van der Waals surface area contributed by atoms with Crippen molar-refractivity contribution in [2.24, 2.45) is 0 Å². The van der Waals surface area contributed by atoms with Crippen molar-refractivity contribution in [1.82, 2.24) is 5.32 Å². The highest BCUT2D eigenvalue weighted by Gasteiger charge is 2.22. The predicted molar refractivity (Wildman–Crippen MR) is 94.6 cm³/mol. The fraction of sp³-hybridized carbons (Fsp3) is 0.263. The van der Waals surface area contributed by atoms with Gasteiger partial charge in [0.15, 0.2) is 6.61 Å². The van der Waals surface area contributed by atoms with Gasteiger partial charge >= 0.3 is 5.97 Å². The van der Waals surface area contributed by atoms with Crippen LogP contribution in [0.2, 0.25) is 0 Å². The van der Waals surface area contributed by atoms with E-state index in [9.17, 15) is 14.0 Å². The molecule has 0 aliphatic heterocycles. The molecule has 1 atom stereocenters. The van der Waals surface area contributed by atoms with Gasteiger partial charge in [-0.15, -0.1) is 0 Å². The number of hydrogen-bond donors (Lipinski definition) is 1. The Balaban J connectivity index is 1.59. The molecule has 0 bridgehead atoms. The molecule has 3 rings (SSSR count). The molecular weight excluding hydrogens is 389 g/mol. The zero-order chi connectivity index (χ0) is 17.8. The Morgan fingerprint density at radius 3 is 2.88 bits per heavy atom. The minimum atomic E-state index is -0.745. The average Bonchev–Trinajstić information content (AvgIpc) is 2.62. The van der Waals surface area contributed by atoms with Crippen LogP contribution < -0.4 is 5.32 Å². The number of nitrogens with one attached hydrogen (secondary N) is 1. The fourth-order valence-corrected chi connectivity index (χ4v) is 3.41. The molecule has 4 nitrogen and oxygen atoms in total. The lowest BCUT2D eigenvalue weighted by atomic mass is 9.88. The summed E-state index contributed by atoms with van der Waals surface area (Å²) in [5.41, 5.74) is 2.40. The van der Waals surface area contributed by atoms with Gasteiger partial charge in [0.2, 0.25) is 0 Å². The highest BCUT2D eigenvalue weighted by Crippen LogP contribution is 2.29. The van der Waals surface area contributed by atoms with Crippen LogP contribution in [0.5, 0.6) is 0 Å².